The van der Waals surface area contributed by atoms with E-state index >= 15 is 0 Å². The normalized spacial score (nSPS) is 11.0. The molecule has 0 spiro atoms. The third-order valence-corrected chi connectivity index (χ3v) is 3.14. The Morgan fingerprint density at radius 1 is 0.944 bits per heavy atom. The monoisotopic (exact) mass is 240 g/mol. The second-order valence-corrected chi connectivity index (χ2v) is 4.17. The second kappa shape index (κ2) is 3.80. The second-order valence-electron chi connectivity index (χ2n) is 4.17. The van der Waals surface area contributed by atoms with Crippen LogP contribution in [0.25, 0.3) is 22.3 Å². The molecule has 0 saturated heterocycles. The Morgan fingerprint density at radius 3 is 2.33 bits per heavy atom. The molecule has 2 aromatic heterocycles. The molecule has 0 aliphatic carbocycles. The zero-order valence-electron chi connectivity index (χ0n) is 10.2. The first-order valence-electron chi connectivity index (χ1n) is 5.61. The van der Waals surface area contributed by atoms with Crippen molar-refractivity contribution in [3.05, 3.63) is 47.0 Å². The minimum absolute atomic E-state index is 0.0215. The highest BCUT2D eigenvalue weighted by Gasteiger charge is 2.08. The standard InChI is InChI=1S/C13H12N4O/c1-16-12(8-13(18)17(16)2)9-3-4-10-11(7-9)15-6-5-14-10/h3-8H,1-2H3. The number of hydrogen-bond donors (Lipinski definition) is 0. The van der Waals surface area contributed by atoms with Crippen molar-refractivity contribution >= 4 is 11.0 Å². The lowest BCUT2D eigenvalue weighted by Crippen LogP contribution is -2.16. The highest BCUT2D eigenvalue weighted by atomic mass is 16.1. The van der Waals surface area contributed by atoms with Crippen molar-refractivity contribution in [3.8, 4) is 11.3 Å². The lowest BCUT2D eigenvalue weighted by molar-refractivity contribution is 0.584. The molecule has 0 amide bonds. The van der Waals surface area contributed by atoms with E-state index in [2.05, 4.69) is 9.97 Å². The van der Waals surface area contributed by atoms with Crippen molar-refractivity contribution in [2.24, 2.45) is 14.1 Å². The lowest BCUT2D eigenvalue weighted by atomic mass is 10.1. The van der Waals surface area contributed by atoms with Crippen LogP contribution >= 0.6 is 0 Å². The number of nitrogens with zero attached hydrogens (tertiary/aromatic N) is 4. The van der Waals surface area contributed by atoms with Gasteiger partial charge in [0.2, 0.25) is 0 Å². The summed E-state index contributed by atoms with van der Waals surface area (Å²) in [6.45, 7) is 0. The van der Waals surface area contributed by atoms with Crippen LogP contribution in [0.5, 0.6) is 0 Å². The van der Waals surface area contributed by atoms with Crippen LogP contribution in [0, 0.1) is 0 Å². The molecule has 2 heterocycles. The van der Waals surface area contributed by atoms with E-state index < -0.39 is 0 Å². The first kappa shape index (κ1) is 10.7. The summed E-state index contributed by atoms with van der Waals surface area (Å²) in [4.78, 5) is 20.1. The molecule has 0 aliphatic heterocycles. The third kappa shape index (κ3) is 1.52. The van der Waals surface area contributed by atoms with E-state index in [0.29, 0.717) is 0 Å². The number of hydrogen-bond acceptors (Lipinski definition) is 3. The van der Waals surface area contributed by atoms with Gasteiger partial charge in [0, 0.05) is 38.1 Å². The summed E-state index contributed by atoms with van der Waals surface area (Å²) >= 11 is 0. The van der Waals surface area contributed by atoms with Crippen LogP contribution in [0.4, 0.5) is 0 Å². The smallest absolute Gasteiger partial charge is 0.266 e. The molecule has 1 aromatic carbocycles. The van der Waals surface area contributed by atoms with E-state index in [1.54, 1.807) is 30.2 Å². The van der Waals surface area contributed by atoms with Gasteiger partial charge < -0.3 is 0 Å². The summed E-state index contributed by atoms with van der Waals surface area (Å²) < 4.78 is 3.38. The molecular weight excluding hydrogens is 228 g/mol. The summed E-state index contributed by atoms with van der Waals surface area (Å²) in [6, 6.07) is 7.43. The predicted molar refractivity (Wildman–Crippen MR) is 69.2 cm³/mol. The van der Waals surface area contributed by atoms with E-state index in [0.717, 1.165) is 22.3 Å². The molecule has 3 rings (SSSR count). The maximum absolute atomic E-state index is 11.6. The Balaban J connectivity index is 2.25. The molecule has 0 atom stereocenters. The largest absolute Gasteiger partial charge is 0.285 e. The van der Waals surface area contributed by atoms with Crippen molar-refractivity contribution in [1.29, 1.82) is 0 Å². The fourth-order valence-electron chi connectivity index (χ4n) is 2.01. The number of benzene rings is 1. The fourth-order valence-corrected chi connectivity index (χ4v) is 2.01. The lowest BCUT2D eigenvalue weighted by Gasteiger charge is -2.06. The Bertz CT molecular complexity index is 785. The summed E-state index contributed by atoms with van der Waals surface area (Å²) in [6.07, 6.45) is 3.33. The molecule has 0 unspecified atom stereocenters. The first-order chi connectivity index (χ1) is 8.66. The van der Waals surface area contributed by atoms with Crippen LogP contribution in [0.15, 0.2) is 41.5 Å². The van der Waals surface area contributed by atoms with Gasteiger partial charge in [-0.1, -0.05) is 6.07 Å². The topological polar surface area (TPSA) is 52.7 Å². The quantitative estimate of drug-likeness (QED) is 0.645. The van der Waals surface area contributed by atoms with Crippen molar-refractivity contribution in [2.45, 2.75) is 0 Å². The number of aromatic nitrogens is 4. The molecule has 0 aliphatic rings. The van der Waals surface area contributed by atoms with Gasteiger partial charge in [-0.2, -0.15) is 0 Å². The maximum Gasteiger partial charge on any atom is 0.266 e. The Labute approximate surface area is 103 Å². The zero-order valence-corrected chi connectivity index (χ0v) is 10.2. The van der Waals surface area contributed by atoms with Gasteiger partial charge in [-0.25, -0.2) is 0 Å². The van der Waals surface area contributed by atoms with Crippen molar-refractivity contribution in [2.75, 3.05) is 0 Å². The minimum atomic E-state index is -0.0215. The van der Waals surface area contributed by atoms with Gasteiger partial charge in [0.25, 0.3) is 5.56 Å². The van der Waals surface area contributed by atoms with E-state index in [9.17, 15) is 4.79 Å². The molecule has 5 heteroatoms. The summed E-state index contributed by atoms with van der Waals surface area (Å²) in [5, 5.41) is 0. The Morgan fingerprint density at radius 2 is 1.67 bits per heavy atom. The van der Waals surface area contributed by atoms with Gasteiger partial charge in [-0.05, 0) is 12.1 Å². The van der Waals surface area contributed by atoms with Crippen LogP contribution in [0.1, 0.15) is 0 Å². The SMILES string of the molecule is Cn1c(-c2ccc3nccnc3c2)cc(=O)n1C. The molecule has 0 saturated carbocycles. The average molecular weight is 240 g/mol. The Hall–Kier alpha value is -2.43. The molecule has 0 bridgehead atoms. The van der Waals surface area contributed by atoms with Crippen LogP contribution in [-0.4, -0.2) is 19.3 Å². The molecule has 0 radical (unpaired) electrons. The van der Waals surface area contributed by atoms with Crippen LogP contribution < -0.4 is 5.56 Å². The fraction of sp³-hybridized carbons (Fsp3) is 0.154. The third-order valence-electron chi connectivity index (χ3n) is 3.14. The highest BCUT2D eigenvalue weighted by Crippen LogP contribution is 2.20. The maximum atomic E-state index is 11.6. The number of rotatable bonds is 1. The van der Waals surface area contributed by atoms with E-state index in [-0.39, 0.29) is 5.56 Å². The molecule has 18 heavy (non-hydrogen) atoms. The van der Waals surface area contributed by atoms with Gasteiger partial charge in [-0.15, -0.1) is 0 Å². The summed E-state index contributed by atoms with van der Waals surface area (Å²) in [7, 11) is 3.60. The average Bonchev–Trinajstić information content (AvgIpc) is 2.66. The Kier molecular flexibility index (Phi) is 2.26. The van der Waals surface area contributed by atoms with Gasteiger partial charge in [-0.3, -0.25) is 24.1 Å². The summed E-state index contributed by atoms with van der Waals surface area (Å²) in [5.41, 5.74) is 3.48. The van der Waals surface area contributed by atoms with Gasteiger partial charge in [0.1, 0.15) is 0 Å². The molecule has 0 N–H and O–H groups in total. The van der Waals surface area contributed by atoms with Crippen molar-refractivity contribution < 1.29 is 0 Å². The van der Waals surface area contributed by atoms with Gasteiger partial charge >= 0.3 is 0 Å². The molecular formula is C13H12N4O. The molecule has 5 nitrogen and oxygen atoms in total. The van der Waals surface area contributed by atoms with Crippen LogP contribution in [-0.2, 0) is 14.1 Å². The highest BCUT2D eigenvalue weighted by molar-refractivity contribution is 5.80. The molecule has 0 fully saturated rings. The molecule has 3 aromatic rings. The molecule has 90 valence electrons. The van der Waals surface area contributed by atoms with Crippen molar-refractivity contribution in [1.82, 2.24) is 19.3 Å². The van der Waals surface area contributed by atoms with Crippen LogP contribution in [0.3, 0.4) is 0 Å². The van der Waals surface area contributed by atoms with E-state index in [1.807, 2.05) is 29.9 Å². The van der Waals surface area contributed by atoms with E-state index in [1.165, 1.54) is 0 Å². The minimum Gasteiger partial charge on any atom is -0.285 e. The van der Waals surface area contributed by atoms with Gasteiger partial charge in [0.15, 0.2) is 0 Å². The summed E-state index contributed by atoms with van der Waals surface area (Å²) in [5.74, 6) is 0. The van der Waals surface area contributed by atoms with Crippen molar-refractivity contribution in [3.63, 3.8) is 0 Å². The van der Waals surface area contributed by atoms with Gasteiger partial charge in [0.05, 0.1) is 16.7 Å². The van der Waals surface area contributed by atoms with Crippen LogP contribution in [0.2, 0.25) is 0 Å². The predicted octanol–water partition coefficient (Wildman–Crippen LogP) is 1.33. The van der Waals surface area contributed by atoms with E-state index in [4.69, 9.17) is 0 Å². The first-order valence-corrected chi connectivity index (χ1v) is 5.61. The zero-order chi connectivity index (χ0) is 12.7. The number of fused-ring (bicyclic) bond motifs is 1.